The van der Waals surface area contributed by atoms with Crippen molar-refractivity contribution in [2.75, 3.05) is 26.2 Å². The monoisotopic (exact) mass is 382 g/mol. The molecule has 8 heteroatoms. The van der Waals surface area contributed by atoms with E-state index < -0.39 is 16.0 Å². The van der Waals surface area contributed by atoms with Crippen LogP contribution in [0.15, 0.2) is 29.2 Å². The molecule has 2 rings (SSSR count). The summed E-state index contributed by atoms with van der Waals surface area (Å²) in [6, 6.07) is 5.17. The number of carbonyl (C=O) groups excluding carboxylic acids is 1. The van der Waals surface area contributed by atoms with Crippen molar-refractivity contribution < 1.29 is 23.1 Å². The summed E-state index contributed by atoms with van der Waals surface area (Å²) in [7, 11) is -3.69. The third-order valence-electron chi connectivity index (χ3n) is 5.18. The molecule has 1 aromatic rings. The van der Waals surface area contributed by atoms with Gasteiger partial charge in [0.2, 0.25) is 15.9 Å². The lowest BCUT2D eigenvalue weighted by Crippen LogP contribution is -2.52. The standard InChI is InChI=1S/C18H26N2O5S/c1-4-13(2)14(3)17(21)19-9-11-20(12-10-19)26(24,25)16-7-5-15(6-8-16)18(22)23/h5-8,13-14H,4,9-12H2,1-3H3,(H,22,23). The Morgan fingerprint density at radius 2 is 1.62 bits per heavy atom. The van der Waals surface area contributed by atoms with Crippen LogP contribution in [-0.4, -0.2) is 60.8 Å². The van der Waals surface area contributed by atoms with Gasteiger partial charge in [0.05, 0.1) is 10.5 Å². The summed E-state index contributed by atoms with van der Waals surface area (Å²) in [4.78, 5) is 25.2. The van der Waals surface area contributed by atoms with E-state index in [0.29, 0.717) is 13.1 Å². The van der Waals surface area contributed by atoms with E-state index in [2.05, 4.69) is 6.92 Å². The third kappa shape index (κ3) is 4.24. The second-order valence-electron chi connectivity index (χ2n) is 6.73. The predicted molar refractivity (Wildman–Crippen MR) is 97.4 cm³/mol. The number of amides is 1. The summed E-state index contributed by atoms with van der Waals surface area (Å²) in [5.41, 5.74) is 0.0402. The first-order valence-electron chi connectivity index (χ1n) is 8.80. The second-order valence-corrected chi connectivity index (χ2v) is 8.67. The molecule has 7 nitrogen and oxygen atoms in total. The van der Waals surface area contributed by atoms with Crippen molar-refractivity contribution in [2.24, 2.45) is 11.8 Å². The summed E-state index contributed by atoms with van der Waals surface area (Å²) in [5, 5.41) is 8.91. The lowest BCUT2D eigenvalue weighted by atomic mass is 9.92. The van der Waals surface area contributed by atoms with E-state index in [1.54, 1.807) is 4.90 Å². The second kappa shape index (κ2) is 8.18. The molecule has 144 valence electrons. The molecule has 0 saturated carbocycles. The van der Waals surface area contributed by atoms with Gasteiger partial charge in [-0.05, 0) is 30.2 Å². The molecular weight excluding hydrogens is 356 g/mol. The number of sulfonamides is 1. The van der Waals surface area contributed by atoms with Crippen LogP contribution in [0.3, 0.4) is 0 Å². The quantitative estimate of drug-likeness (QED) is 0.811. The van der Waals surface area contributed by atoms with E-state index in [1.165, 1.54) is 28.6 Å². The Bertz CT molecular complexity index is 752. The summed E-state index contributed by atoms with van der Waals surface area (Å²) < 4.78 is 26.8. The van der Waals surface area contributed by atoms with E-state index in [9.17, 15) is 18.0 Å². The van der Waals surface area contributed by atoms with Gasteiger partial charge in [0.1, 0.15) is 0 Å². The Morgan fingerprint density at radius 1 is 1.08 bits per heavy atom. The lowest BCUT2D eigenvalue weighted by Gasteiger charge is -2.36. The summed E-state index contributed by atoms with van der Waals surface area (Å²) in [5.74, 6) is -0.817. The van der Waals surface area contributed by atoms with Crippen molar-refractivity contribution in [1.29, 1.82) is 0 Å². The summed E-state index contributed by atoms with van der Waals surface area (Å²) >= 11 is 0. The summed E-state index contributed by atoms with van der Waals surface area (Å²) in [6.45, 7) is 7.23. The number of carboxylic acids is 1. The minimum absolute atomic E-state index is 0.0402. The molecule has 26 heavy (non-hydrogen) atoms. The lowest BCUT2D eigenvalue weighted by molar-refractivity contribution is -0.137. The molecule has 1 aromatic carbocycles. The van der Waals surface area contributed by atoms with E-state index in [-0.39, 0.29) is 41.3 Å². The van der Waals surface area contributed by atoms with Crippen LogP contribution in [0, 0.1) is 11.8 Å². The molecule has 2 unspecified atom stereocenters. The maximum atomic E-state index is 12.7. The Kier molecular flexibility index (Phi) is 6.41. The van der Waals surface area contributed by atoms with Gasteiger partial charge in [-0.25, -0.2) is 13.2 Å². The zero-order chi connectivity index (χ0) is 19.5. The number of aromatic carboxylic acids is 1. The topological polar surface area (TPSA) is 95.0 Å². The Balaban J connectivity index is 2.04. The zero-order valence-corrected chi connectivity index (χ0v) is 16.2. The Morgan fingerprint density at radius 3 is 2.08 bits per heavy atom. The number of rotatable bonds is 6. The average Bonchev–Trinajstić information content (AvgIpc) is 2.66. The van der Waals surface area contributed by atoms with Crippen LogP contribution in [0.4, 0.5) is 0 Å². The van der Waals surface area contributed by atoms with Gasteiger partial charge in [0.25, 0.3) is 0 Å². The van der Waals surface area contributed by atoms with E-state index in [0.717, 1.165) is 6.42 Å². The number of piperazine rings is 1. The molecule has 0 aliphatic carbocycles. The van der Waals surface area contributed by atoms with Crippen molar-refractivity contribution in [3.8, 4) is 0 Å². The highest BCUT2D eigenvalue weighted by Crippen LogP contribution is 2.21. The van der Waals surface area contributed by atoms with Gasteiger partial charge in [-0.2, -0.15) is 4.31 Å². The van der Waals surface area contributed by atoms with Crippen molar-refractivity contribution in [1.82, 2.24) is 9.21 Å². The Hall–Kier alpha value is -1.93. The van der Waals surface area contributed by atoms with Crippen molar-refractivity contribution in [2.45, 2.75) is 32.1 Å². The predicted octanol–water partition coefficient (Wildman–Crippen LogP) is 1.90. The number of hydrogen-bond donors (Lipinski definition) is 1. The smallest absolute Gasteiger partial charge is 0.335 e. The minimum Gasteiger partial charge on any atom is -0.478 e. The van der Waals surface area contributed by atoms with Crippen LogP contribution in [0.25, 0.3) is 0 Å². The first kappa shape index (κ1) is 20.4. The van der Waals surface area contributed by atoms with Crippen LogP contribution < -0.4 is 0 Å². The van der Waals surface area contributed by atoms with Gasteiger partial charge < -0.3 is 10.0 Å². The fourth-order valence-corrected chi connectivity index (χ4v) is 4.37. The number of benzene rings is 1. The van der Waals surface area contributed by atoms with Gasteiger partial charge in [-0.3, -0.25) is 4.79 Å². The summed E-state index contributed by atoms with van der Waals surface area (Å²) in [6.07, 6.45) is 0.924. The van der Waals surface area contributed by atoms with Crippen LogP contribution in [0.1, 0.15) is 37.6 Å². The third-order valence-corrected chi connectivity index (χ3v) is 7.09. The molecule has 1 N–H and O–H groups in total. The van der Waals surface area contributed by atoms with Gasteiger partial charge in [0, 0.05) is 32.1 Å². The molecule has 1 amide bonds. The highest BCUT2D eigenvalue weighted by Gasteiger charge is 2.32. The highest BCUT2D eigenvalue weighted by atomic mass is 32.2. The molecule has 2 atom stereocenters. The molecule has 1 fully saturated rings. The Labute approximate surface area is 154 Å². The molecule has 0 bridgehead atoms. The number of carbonyl (C=O) groups is 2. The van der Waals surface area contributed by atoms with Crippen molar-refractivity contribution in [3.05, 3.63) is 29.8 Å². The minimum atomic E-state index is -3.69. The number of carboxylic acid groups (broad SMARTS) is 1. The van der Waals surface area contributed by atoms with Gasteiger partial charge in [-0.1, -0.05) is 27.2 Å². The van der Waals surface area contributed by atoms with Gasteiger partial charge in [-0.15, -0.1) is 0 Å². The molecule has 1 aliphatic rings. The molecule has 0 aromatic heterocycles. The molecular formula is C18H26N2O5S. The zero-order valence-electron chi connectivity index (χ0n) is 15.4. The number of hydrogen-bond acceptors (Lipinski definition) is 4. The average molecular weight is 382 g/mol. The molecule has 0 radical (unpaired) electrons. The van der Waals surface area contributed by atoms with Crippen LogP contribution >= 0.6 is 0 Å². The van der Waals surface area contributed by atoms with Crippen molar-refractivity contribution in [3.63, 3.8) is 0 Å². The largest absolute Gasteiger partial charge is 0.478 e. The fourth-order valence-electron chi connectivity index (χ4n) is 2.95. The van der Waals surface area contributed by atoms with Crippen LogP contribution in [0.2, 0.25) is 0 Å². The van der Waals surface area contributed by atoms with Crippen LogP contribution in [-0.2, 0) is 14.8 Å². The van der Waals surface area contributed by atoms with E-state index in [4.69, 9.17) is 5.11 Å². The number of nitrogens with zero attached hydrogens (tertiary/aromatic N) is 2. The fraction of sp³-hybridized carbons (Fsp3) is 0.556. The normalized spacial score (nSPS) is 18.3. The van der Waals surface area contributed by atoms with Crippen molar-refractivity contribution >= 4 is 21.9 Å². The maximum absolute atomic E-state index is 12.7. The highest BCUT2D eigenvalue weighted by molar-refractivity contribution is 7.89. The van der Waals surface area contributed by atoms with Crippen LogP contribution in [0.5, 0.6) is 0 Å². The molecule has 1 heterocycles. The first-order chi connectivity index (χ1) is 12.2. The molecule has 0 spiro atoms. The molecule has 1 aliphatic heterocycles. The van der Waals surface area contributed by atoms with E-state index in [1.807, 2.05) is 13.8 Å². The SMILES string of the molecule is CCC(C)C(C)C(=O)N1CCN(S(=O)(=O)c2ccc(C(=O)O)cc2)CC1. The first-order valence-corrected chi connectivity index (χ1v) is 10.2. The van der Waals surface area contributed by atoms with Gasteiger partial charge in [0.15, 0.2) is 0 Å². The van der Waals surface area contributed by atoms with E-state index >= 15 is 0 Å². The molecule has 1 saturated heterocycles. The maximum Gasteiger partial charge on any atom is 0.335 e. The van der Waals surface area contributed by atoms with Gasteiger partial charge >= 0.3 is 5.97 Å².